The van der Waals surface area contributed by atoms with Gasteiger partial charge in [-0.2, -0.15) is 0 Å². The lowest BCUT2D eigenvalue weighted by atomic mass is 10.3. The Labute approximate surface area is 143 Å². The van der Waals surface area contributed by atoms with Crippen LogP contribution in [0.2, 0.25) is 10.0 Å². The van der Waals surface area contributed by atoms with Crippen LogP contribution in [0.5, 0.6) is 5.75 Å². The number of hydrogen-bond donors (Lipinski definition) is 3. The Hall–Kier alpha value is -1.96. The summed E-state index contributed by atoms with van der Waals surface area (Å²) in [6.45, 7) is 1.31. The molecule has 0 fully saturated rings. The molecule has 0 aromatic heterocycles. The van der Waals surface area contributed by atoms with Crippen LogP contribution in [0, 0.1) is 0 Å². The molecule has 0 radical (unpaired) electrons. The summed E-state index contributed by atoms with van der Waals surface area (Å²) < 4.78 is 26.9. The van der Waals surface area contributed by atoms with Crippen molar-refractivity contribution in [3.05, 3.63) is 46.4 Å². The van der Waals surface area contributed by atoms with Crippen molar-refractivity contribution in [2.45, 2.75) is 11.8 Å². The number of aromatic hydroxyl groups is 1. The van der Waals surface area contributed by atoms with E-state index < -0.39 is 10.0 Å². The highest BCUT2D eigenvalue weighted by molar-refractivity contribution is 7.92. The van der Waals surface area contributed by atoms with Crippen LogP contribution in [0.1, 0.15) is 6.92 Å². The molecule has 0 saturated heterocycles. The quantitative estimate of drug-likeness (QED) is 0.714. The lowest BCUT2D eigenvalue weighted by Crippen LogP contribution is -2.13. The fourth-order valence-corrected chi connectivity index (χ4v) is 3.30. The van der Waals surface area contributed by atoms with Crippen molar-refractivity contribution in [1.29, 1.82) is 0 Å². The second-order valence-corrected chi connectivity index (χ2v) is 7.12. The van der Waals surface area contributed by atoms with Crippen molar-refractivity contribution in [2.24, 2.45) is 0 Å². The van der Waals surface area contributed by atoms with Crippen molar-refractivity contribution in [3.8, 4) is 5.75 Å². The Morgan fingerprint density at radius 2 is 1.78 bits per heavy atom. The molecule has 6 nitrogen and oxygen atoms in total. The molecule has 0 atom stereocenters. The number of phenolic OH excluding ortho intramolecular Hbond substituents is 1. The van der Waals surface area contributed by atoms with Crippen molar-refractivity contribution in [2.75, 3.05) is 10.0 Å². The van der Waals surface area contributed by atoms with Crippen LogP contribution in [0.3, 0.4) is 0 Å². The molecule has 9 heteroatoms. The second kappa shape index (κ2) is 6.66. The first kappa shape index (κ1) is 17.4. The van der Waals surface area contributed by atoms with E-state index >= 15 is 0 Å². The molecule has 2 aromatic carbocycles. The number of halogens is 2. The van der Waals surface area contributed by atoms with Crippen LogP contribution in [-0.2, 0) is 14.8 Å². The minimum atomic E-state index is -3.99. The Morgan fingerprint density at radius 1 is 1.09 bits per heavy atom. The molecule has 0 aliphatic rings. The number of phenols is 1. The number of benzene rings is 2. The van der Waals surface area contributed by atoms with Crippen LogP contribution in [0.25, 0.3) is 0 Å². The number of amides is 1. The molecule has 1 amide bonds. The molecule has 23 heavy (non-hydrogen) atoms. The third-order valence-electron chi connectivity index (χ3n) is 2.76. The van der Waals surface area contributed by atoms with Crippen molar-refractivity contribution < 1.29 is 18.3 Å². The van der Waals surface area contributed by atoms with E-state index in [0.717, 1.165) is 0 Å². The van der Waals surface area contributed by atoms with Crippen molar-refractivity contribution >= 4 is 50.5 Å². The number of anilines is 2. The van der Waals surface area contributed by atoms with Gasteiger partial charge in [0.05, 0.1) is 21.3 Å². The molecule has 0 aliphatic carbocycles. The van der Waals surface area contributed by atoms with E-state index in [1.807, 2.05) is 0 Å². The highest BCUT2D eigenvalue weighted by Crippen LogP contribution is 2.30. The van der Waals surface area contributed by atoms with E-state index in [4.69, 9.17) is 23.2 Å². The molecule has 2 aromatic rings. The van der Waals surface area contributed by atoms with Gasteiger partial charge in [0, 0.05) is 11.9 Å². The Balaban J connectivity index is 2.34. The summed E-state index contributed by atoms with van der Waals surface area (Å²) in [7, 11) is -3.99. The number of carbonyl (C=O) groups is 1. The van der Waals surface area contributed by atoms with Gasteiger partial charge in [-0.1, -0.05) is 23.2 Å². The molecular weight excluding hydrogens is 363 g/mol. The Morgan fingerprint density at radius 3 is 2.39 bits per heavy atom. The predicted octanol–water partition coefficient (Wildman–Crippen LogP) is 3.46. The first-order valence-electron chi connectivity index (χ1n) is 6.27. The van der Waals surface area contributed by atoms with E-state index in [0.29, 0.717) is 5.69 Å². The van der Waals surface area contributed by atoms with E-state index in [-0.39, 0.29) is 32.3 Å². The third-order valence-corrected chi connectivity index (χ3v) is 4.68. The van der Waals surface area contributed by atoms with E-state index in [1.165, 1.54) is 43.3 Å². The molecule has 122 valence electrons. The summed E-state index contributed by atoms with van der Waals surface area (Å²) in [6, 6.07) is 7.82. The Kier molecular flexibility index (Phi) is 5.03. The van der Waals surface area contributed by atoms with E-state index in [9.17, 15) is 18.3 Å². The summed E-state index contributed by atoms with van der Waals surface area (Å²) in [5.41, 5.74) is 0.239. The summed E-state index contributed by atoms with van der Waals surface area (Å²) in [5, 5.41) is 12.5. The van der Waals surface area contributed by atoms with Crippen molar-refractivity contribution in [1.82, 2.24) is 0 Å². The molecule has 3 N–H and O–H groups in total. The van der Waals surface area contributed by atoms with Crippen molar-refractivity contribution in [3.63, 3.8) is 0 Å². The minimum absolute atomic E-state index is 0.0560. The van der Waals surface area contributed by atoms with Gasteiger partial charge in [0.2, 0.25) is 5.91 Å². The first-order chi connectivity index (χ1) is 10.7. The zero-order valence-electron chi connectivity index (χ0n) is 11.8. The zero-order valence-corrected chi connectivity index (χ0v) is 14.1. The Bertz CT molecular complexity index is 869. The smallest absolute Gasteiger partial charge is 0.262 e. The highest BCUT2D eigenvalue weighted by Gasteiger charge is 2.18. The van der Waals surface area contributed by atoms with Gasteiger partial charge >= 0.3 is 0 Å². The molecule has 0 heterocycles. The third kappa shape index (κ3) is 4.28. The standard InChI is InChI=1S/C14H12Cl2N2O4S/c1-8(19)17-12-4-3-10(7-11(12)16)23(21,22)18-13-6-9(15)2-5-14(13)20/h2-7,18,20H,1H3,(H,17,19). The molecule has 0 unspecified atom stereocenters. The lowest BCUT2D eigenvalue weighted by molar-refractivity contribution is -0.114. The fourth-order valence-electron chi connectivity index (χ4n) is 1.75. The second-order valence-electron chi connectivity index (χ2n) is 4.59. The van der Waals surface area contributed by atoms with Gasteiger partial charge in [-0.05, 0) is 36.4 Å². The van der Waals surface area contributed by atoms with Crippen LogP contribution in [-0.4, -0.2) is 19.4 Å². The van der Waals surface area contributed by atoms with Gasteiger partial charge in [-0.3, -0.25) is 9.52 Å². The fraction of sp³-hybridized carbons (Fsp3) is 0.0714. The summed E-state index contributed by atoms with van der Waals surface area (Å²) in [6.07, 6.45) is 0. The van der Waals surface area contributed by atoms with Gasteiger partial charge in [0.1, 0.15) is 5.75 Å². The van der Waals surface area contributed by atoms with Gasteiger partial charge in [-0.25, -0.2) is 8.42 Å². The van der Waals surface area contributed by atoms with Crippen LogP contribution >= 0.6 is 23.2 Å². The molecule has 0 spiro atoms. The van der Waals surface area contributed by atoms with Gasteiger partial charge in [-0.15, -0.1) is 0 Å². The molecule has 0 aliphatic heterocycles. The SMILES string of the molecule is CC(=O)Nc1ccc(S(=O)(=O)Nc2cc(Cl)ccc2O)cc1Cl. The molecular formula is C14H12Cl2N2O4S. The number of hydrogen-bond acceptors (Lipinski definition) is 4. The number of sulfonamides is 1. The minimum Gasteiger partial charge on any atom is -0.506 e. The average Bonchev–Trinajstić information content (AvgIpc) is 2.44. The zero-order chi connectivity index (χ0) is 17.2. The predicted molar refractivity (Wildman–Crippen MR) is 89.7 cm³/mol. The van der Waals surface area contributed by atoms with E-state index in [1.54, 1.807) is 0 Å². The van der Waals surface area contributed by atoms with Crippen LogP contribution in [0.15, 0.2) is 41.3 Å². The summed E-state index contributed by atoms with van der Waals surface area (Å²) >= 11 is 11.7. The summed E-state index contributed by atoms with van der Waals surface area (Å²) in [5.74, 6) is -0.594. The van der Waals surface area contributed by atoms with Gasteiger partial charge < -0.3 is 10.4 Å². The lowest BCUT2D eigenvalue weighted by Gasteiger charge is -2.11. The molecule has 2 rings (SSSR count). The molecule has 0 bridgehead atoms. The number of rotatable bonds is 4. The van der Waals surface area contributed by atoms with Gasteiger partial charge in [0.25, 0.3) is 10.0 Å². The summed E-state index contributed by atoms with van der Waals surface area (Å²) in [4.78, 5) is 10.9. The maximum Gasteiger partial charge on any atom is 0.262 e. The first-order valence-corrected chi connectivity index (χ1v) is 8.51. The topological polar surface area (TPSA) is 95.5 Å². The number of carbonyl (C=O) groups excluding carboxylic acids is 1. The van der Waals surface area contributed by atoms with Crippen LogP contribution < -0.4 is 10.0 Å². The highest BCUT2D eigenvalue weighted by atomic mass is 35.5. The van der Waals surface area contributed by atoms with Crippen LogP contribution in [0.4, 0.5) is 11.4 Å². The van der Waals surface area contributed by atoms with E-state index in [2.05, 4.69) is 10.0 Å². The largest absolute Gasteiger partial charge is 0.506 e. The number of nitrogens with one attached hydrogen (secondary N) is 2. The molecule has 0 saturated carbocycles. The average molecular weight is 375 g/mol. The maximum atomic E-state index is 12.3. The monoisotopic (exact) mass is 374 g/mol. The van der Waals surface area contributed by atoms with Gasteiger partial charge in [0.15, 0.2) is 0 Å². The maximum absolute atomic E-state index is 12.3. The normalized spacial score (nSPS) is 11.1.